The second-order valence-corrected chi connectivity index (χ2v) is 15.2. The monoisotopic (exact) mass is 719 g/mol. The van der Waals surface area contributed by atoms with Crippen molar-refractivity contribution in [2.24, 2.45) is 0 Å². The zero-order valence-electron chi connectivity index (χ0n) is 29.8. The first-order chi connectivity index (χ1) is 27.2. The third kappa shape index (κ3) is 5.48. The fraction of sp³-hybridized carbons (Fsp3) is 0. The van der Waals surface area contributed by atoms with Gasteiger partial charge >= 0.3 is 0 Å². The van der Waals surface area contributed by atoms with Gasteiger partial charge in [-0.15, -0.1) is 11.3 Å². The van der Waals surface area contributed by atoms with Crippen molar-refractivity contribution in [1.29, 1.82) is 0 Å². The van der Waals surface area contributed by atoms with E-state index in [-0.39, 0.29) is 0 Å². The van der Waals surface area contributed by atoms with E-state index in [9.17, 15) is 0 Å². The lowest BCUT2D eigenvalue weighted by Gasteiger charge is -2.26. The van der Waals surface area contributed by atoms with Crippen LogP contribution in [0.25, 0.3) is 86.3 Å². The summed E-state index contributed by atoms with van der Waals surface area (Å²) in [5.74, 6) is 0. The van der Waals surface area contributed by atoms with E-state index in [0.717, 1.165) is 50.1 Å². The third-order valence-corrected chi connectivity index (χ3v) is 12.0. The fourth-order valence-corrected chi connectivity index (χ4v) is 9.29. The van der Waals surface area contributed by atoms with Crippen LogP contribution in [0, 0.1) is 0 Å². The van der Waals surface area contributed by atoms with Gasteiger partial charge in [0.25, 0.3) is 0 Å². The highest BCUT2D eigenvalue weighted by Gasteiger charge is 2.17. The summed E-state index contributed by atoms with van der Waals surface area (Å²) < 4.78 is 8.79. The van der Waals surface area contributed by atoms with E-state index in [0.29, 0.717) is 0 Å². The number of benzene rings is 9. The molecule has 258 valence electrons. The van der Waals surface area contributed by atoms with Crippen molar-refractivity contribution in [3.05, 3.63) is 200 Å². The highest BCUT2D eigenvalue weighted by atomic mass is 32.1. The summed E-state index contributed by atoms with van der Waals surface area (Å²) in [6.07, 6.45) is 0. The smallest absolute Gasteiger partial charge is 0.135 e. The average molecular weight is 720 g/mol. The lowest BCUT2D eigenvalue weighted by atomic mass is 9.98. The zero-order chi connectivity index (χ0) is 36.3. The van der Waals surface area contributed by atoms with Crippen LogP contribution in [0.4, 0.5) is 17.1 Å². The van der Waals surface area contributed by atoms with Gasteiger partial charge in [0, 0.05) is 48.0 Å². The van der Waals surface area contributed by atoms with Crippen LogP contribution in [0.5, 0.6) is 0 Å². The molecule has 0 bridgehead atoms. The summed E-state index contributed by atoms with van der Waals surface area (Å²) in [4.78, 5) is 2.36. The minimum absolute atomic E-state index is 0.903. The summed E-state index contributed by atoms with van der Waals surface area (Å²) in [5.41, 5.74) is 12.3. The highest BCUT2D eigenvalue weighted by molar-refractivity contribution is 7.25. The standard InChI is InChI=1S/C52H33NOS/c1-2-10-37-31-39(20-19-34(37)9-1)35-21-26-41(27-22-35)53(42-28-23-36(24-29-42)44-15-8-18-51-52(44)46-14-4-6-17-50(46)55-51)43-12-7-11-38(32-43)40-25-30-49-47(33-40)45-13-3-5-16-48(45)54-49/h1-33H. The van der Waals surface area contributed by atoms with Gasteiger partial charge in [0.1, 0.15) is 11.2 Å². The minimum Gasteiger partial charge on any atom is -0.456 e. The Morgan fingerprint density at radius 3 is 1.82 bits per heavy atom. The van der Waals surface area contributed by atoms with Crippen molar-refractivity contribution in [2.75, 3.05) is 4.90 Å². The summed E-state index contributed by atoms with van der Waals surface area (Å²) in [6, 6.07) is 72.3. The van der Waals surface area contributed by atoms with E-state index >= 15 is 0 Å². The lowest BCUT2D eigenvalue weighted by Crippen LogP contribution is -2.10. The molecule has 3 heteroatoms. The number of rotatable bonds is 6. The second kappa shape index (κ2) is 12.9. The first-order valence-corrected chi connectivity index (χ1v) is 19.5. The van der Waals surface area contributed by atoms with Crippen molar-refractivity contribution in [3.8, 4) is 33.4 Å². The molecule has 0 N–H and O–H groups in total. The van der Waals surface area contributed by atoms with Crippen molar-refractivity contribution >= 4 is 81.3 Å². The summed E-state index contributed by atoms with van der Waals surface area (Å²) in [6.45, 7) is 0. The predicted molar refractivity (Wildman–Crippen MR) is 235 cm³/mol. The van der Waals surface area contributed by atoms with Crippen molar-refractivity contribution < 1.29 is 4.42 Å². The SMILES string of the molecule is c1cc(-c2ccc3oc4ccccc4c3c2)cc(N(c2ccc(-c3ccc4ccccc4c3)cc2)c2ccc(-c3cccc4sc5ccccc5c34)cc2)c1. The van der Waals surface area contributed by atoms with Crippen LogP contribution < -0.4 is 4.90 Å². The first kappa shape index (κ1) is 31.6. The van der Waals surface area contributed by atoms with Gasteiger partial charge in [-0.1, -0.05) is 127 Å². The molecule has 0 aliphatic heterocycles. The van der Waals surface area contributed by atoms with Gasteiger partial charge < -0.3 is 9.32 Å². The van der Waals surface area contributed by atoms with Crippen LogP contribution in [-0.4, -0.2) is 0 Å². The van der Waals surface area contributed by atoms with Gasteiger partial charge in [-0.05, 0) is 117 Å². The molecule has 0 saturated carbocycles. The number of fused-ring (bicyclic) bond motifs is 7. The van der Waals surface area contributed by atoms with E-state index < -0.39 is 0 Å². The molecule has 0 radical (unpaired) electrons. The maximum Gasteiger partial charge on any atom is 0.135 e. The van der Waals surface area contributed by atoms with Crippen LogP contribution in [0.2, 0.25) is 0 Å². The summed E-state index contributed by atoms with van der Waals surface area (Å²) >= 11 is 1.86. The van der Waals surface area contributed by atoms with Crippen molar-refractivity contribution in [3.63, 3.8) is 0 Å². The molecule has 55 heavy (non-hydrogen) atoms. The number of hydrogen-bond donors (Lipinski definition) is 0. The Morgan fingerprint density at radius 2 is 0.964 bits per heavy atom. The molecule has 0 saturated heterocycles. The van der Waals surface area contributed by atoms with Gasteiger partial charge in [-0.3, -0.25) is 0 Å². The van der Waals surface area contributed by atoms with E-state index in [4.69, 9.17) is 4.42 Å². The number of anilines is 3. The third-order valence-electron chi connectivity index (χ3n) is 10.9. The Labute approximate surface area is 322 Å². The zero-order valence-corrected chi connectivity index (χ0v) is 30.6. The fourth-order valence-electron chi connectivity index (χ4n) is 8.15. The molecule has 0 unspecified atom stereocenters. The molecular formula is C52H33NOS. The lowest BCUT2D eigenvalue weighted by molar-refractivity contribution is 0.669. The average Bonchev–Trinajstić information content (AvgIpc) is 3.83. The number of hydrogen-bond acceptors (Lipinski definition) is 3. The number of furan rings is 1. The molecule has 0 atom stereocenters. The summed E-state index contributed by atoms with van der Waals surface area (Å²) in [7, 11) is 0. The molecule has 2 aromatic heterocycles. The molecule has 0 amide bonds. The van der Waals surface area contributed by atoms with Crippen molar-refractivity contribution in [1.82, 2.24) is 0 Å². The maximum atomic E-state index is 6.16. The predicted octanol–water partition coefficient (Wildman–Crippen LogP) is 15.6. The Kier molecular flexibility index (Phi) is 7.39. The number of thiophene rings is 1. The molecule has 2 nitrogen and oxygen atoms in total. The Balaban J connectivity index is 1.02. The van der Waals surface area contributed by atoms with Gasteiger partial charge in [0.15, 0.2) is 0 Å². The quantitative estimate of drug-likeness (QED) is 0.170. The van der Waals surface area contributed by atoms with E-state index in [1.807, 2.05) is 23.5 Å². The molecular weight excluding hydrogens is 687 g/mol. The second-order valence-electron chi connectivity index (χ2n) is 14.1. The molecule has 11 rings (SSSR count). The van der Waals surface area contributed by atoms with Gasteiger partial charge in [-0.2, -0.15) is 0 Å². The normalized spacial score (nSPS) is 11.6. The Bertz CT molecular complexity index is 3210. The molecule has 0 spiro atoms. The van der Waals surface area contributed by atoms with Crippen LogP contribution >= 0.6 is 11.3 Å². The topological polar surface area (TPSA) is 16.4 Å². The maximum absolute atomic E-state index is 6.16. The number of nitrogens with zero attached hydrogens (tertiary/aromatic N) is 1. The van der Waals surface area contributed by atoms with Crippen LogP contribution in [-0.2, 0) is 0 Å². The van der Waals surface area contributed by atoms with Crippen LogP contribution in [0.3, 0.4) is 0 Å². The highest BCUT2D eigenvalue weighted by Crippen LogP contribution is 2.43. The molecule has 0 aliphatic rings. The molecule has 0 aliphatic carbocycles. The van der Waals surface area contributed by atoms with Crippen LogP contribution in [0.1, 0.15) is 0 Å². The first-order valence-electron chi connectivity index (χ1n) is 18.7. The van der Waals surface area contributed by atoms with Crippen LogP contribution in [0.15, 0.2) is 205 Å². The van der Waals surface area contributed by atoms with E-state index in [2.05, 4.69) is 193 Å². The minimum atomic E-state index is 0.903. The molecule has 0 fully saturated rings. The van der Waals surface area contributed by atoms with Gasteiger partial charge in [0.2, 0.25) is 0 Å². The molecule has 2 heterocycles. The van der Waals surface area contributed by atoms with E-state index in [1.165, 1.54) is 53.2 Å². The Morgan fingerprint density at radius 1 is 0.345 bits per heavy atom. The van der Waals surface area contributed by atoms with Gasteiger partial charge in [-0.25, -0.2) is 0 Å². The van der Waals surface area contributed by atoms with E-state index in [1.54, 1.807) is 0 Å². The molecule has 11 aromatic rings. The Hall–Kier alpha value is -6.94. The van der Waals surface area contributed by atoms with Gasteiger partial charge in [0.05, 0.1) is 0 Å². The number of para-hydroxylation sites is 1. The molecule has 9 aromatic carbocycles. The largest absolute Gasteiger partial charge is 0.456 e. The van der Waals surface area contributed by atoms with Crippen molar-refractivity contribution in [2.45, 2.75) is 0 Å². The summed E-state index contributed by atoms with van der Waals surface area (Å²) in [5, 5.41) is 7.40.